The Bertz CT molecular complexity index is 259. The lowest BCUT2D eigenvalue weighted by molar-refractivity contribution is -0.146. The van der Waals surface area contributed by atoms with E-state index in [1.165, 1.54) is 7.11 Å². The fourth-order valence-corrected chi connectivity index (χ4v) is 3.91. The van der Waals surface area contributed by atoms with Gasteiger partial charge in [0.25, 0.3) is 0 Å². The number of carbonyl (C=O) groups excluding carboxylic acids is 2. The van der Waals surface area contributed by atoms with Crippen LogP contribution in [0.25, 0.3) is 0 Å². The fraction of sp³-hybridized carbons (Fsp3) is 0.778. The Labute approximate surface area is 85.3 Å². The predicted molar refractivity (Wildman–Crippen MR) is 55.2 cm³/mol. The number of nitrogens with zero attached hydrogens (tertiary/aromatic N) is 1. The molecule has 1 rings (SSSR count). The van der Waals surface area contributed by atoms with Crippen molar-refractivity contribution in [2.24, 2.45) is 0 Å². The van der Waals surface area contributed by atoms with Crippen LogP contribution < -0.4 is 0 Å². The van der Waals surface area contributed by atoms with E-state index in [1.54, 1.807) is 4.57 Å². The fourth-order valence-electron chi connectivity index (χ4n) is 1.88. The summed E-state index contributed by atoms with van der Waals surface area (Å²) in [5.74, 6) is -0.183. The molecule has 0 aromatic rings. The van der Waals surface area contributed by atoms with Crippen LogP contribution in [-0.2, 0) is 14.3 Å². The predicted octanol–water partition coefficient (Wildman–Crippen LogP) is 0.985. The summed E-state index contributed by atoms with van der Waals surface area (Å²) < 4.78 is 6.46. The minimum atomic E-state index is -1.75. The lowest BCUT2D eigenvalue weighted by atomic mass is 10.2. The van der Waals surface area contributed by atoms with Crippen LogP contribution in [0.3, 0.4) is 0 Å². The maximum Gasteiger partial charge on any atom is 0.327 e. The molecular formula is C9H17NO3Si. The summed E-state index contributed by atoms with van der Waals surface area (Å²) in [6, 6.07) is -0.334. The molecule has 0 radical (unpaired) electrons. The van der Waals surface area contributed by atoms with E-state index in [9.17, 15) is 9.59 Å². The van der Waals surface area contributed by atoms with Gasteiger partial charge in [0.2, 0.25) is 5.91 Å². The zero-order valence-electron chi connectivity index (χ0n) is 9.16. The Morgan fingerprint density at radius 1 is 1.50 bits per heavy atom. The van der Waals surface area contributed by atoms with E-state index in [0.717, 1.165) is 0 Å². The molecule has 1 atom stereocenters. The van der Waals surface area contributed by atoms with Gasteiger partial charge in [0.15, 0.2) is 8.24 Å². The lowest BCUT2D eigenvalue weighted by Gasteiger charge is -2.34. The van der Waals surface area contributed by atoms with Gasteiger partial charge in [-0.1, -0.05) is 19.6 Å². The molecule has 0 aromatic heterocycles. The summed E-state index contributed by atoms with van der Waals surface area (Å²) >= 11 is 0. The molecule has 1 aliphatic rings. The van der Waals surface area contributed by atoms with E-state index >= 15 is 0 Å². The van der Waals surface area contributed by atoms with Crippen LogP contribution in [0, 0.1) is 0 Å². The molecule has 5 heteroatoms. The molecule has 1 fully saturated rings. The van der Waals surface area contributed by atoms with Gasteiger partial charge in [-0.05, 0) is 6.42 Å². The average Bonchev–Trinajstić information content (AvgIpc) is 2.44. The largest absolute Gasteiger partial charge is 0.468 e. The van der Waals surface area contributed by atoms with Gasteiger partial charge in [0, 0.05) is 6.42 Å². The molecule has 1 amide bonds. The van der Waals surface area contributed by atoms with Gasteiger partial charge in [-0.15, -0.1) is 0 Å². The van der Waals surface area contributed by atoms with Crippen molar-refractivity contribution in [2.75, 3.05) is 7.11 Å². The summed E-state index contributed by atoms with van der Waals surface area (Å²) in [6.45, 7) is 6.18. The first kappa shape index (κ1) is 11.2. The smallest absolute Gasteiger partial charge is 0.327 e. The maximum absolute atomic E-state index is 11.6. The van der Waals surface area contributed by atoms with E-state index in [1.807, 2.05) is 0 Å². The highest BCUT2D eigenvalue weighted by atomic mass is 28.3. The van der Waals surface area contributed by atoms with E-state index in [0.29, 0.717) is 12.8 Å². The third kappa shape index (κ3) is 1.97. The normalized spacial score (nSPS) is 22.7. The van der Waals surface area contributed by atoms with Crippen LogP contribution >= 0.6 is 0 Å². The number of rotatable bonds is 2. The van der Waals surface area contributed by atoms with Crippen LogP contribution in [0.15, 0.2) is 0 Å². The first-order valence-electron chi connectivity index (χ1n) is 4.78. The number of hydrogen-bond donors (Lipinski definition) is 0. The SMILES string of the molecule is COC(=O)[C@H]1CCC(=O)N1[Si](C)(C)C. The van der Waals surface area contributed by atoms with E-state index in [2.05, 4.69) is 19.6 Å². The molecule has 0 N–H and O–H groups in total. The van der Waals surface area contributed by atoms with E-state index < -0.39 is 8.24 Å². The highest BCUT2D eigenvalue weighted by Gasteiger charge is 2.43. The Morgan fingerprint density at radius 3 is 2.50 bits per heavy atom. The summed E-state index contributed by atoms with van der Waals surface area (Å²) in [7, 11) is -0.378. The molecule has 0 spiro atoms. The van der Waals surface area contributed by atoms with Gasteiger partial charge < -0.3 is 9.30 Å². The molecule has 0 aliphatic carbocycles. The highest BCUT2D eigenvalue weighted by Crippen LogP contribution is 2.26. The standard InChI is InChI=1S/C9H17NO3Si/c1-13-9(12)7-5-6-8(11)10(7)14(2,3)4/h7H,5-6H2,1-4H3/t7-/m1/s1. The van der Waals surface area contributed by atoms with Crippen LogP contribution in [-0.4, -0.2) is 37.8 Å². The van der Waals surface area contributed by atoms with Gasteiger partial charge in [0.1, 0.15) is 6.04 Å². The number of esters is 1. The Balaban J connectivity index is 2.88. The van der Waals surface area contributed by atoms with Crippen molar-refractivity contribution in [3.05, 3.63) is 0 Å². The number of carbonyl (C=O) groups is 2. The molecular weight excluding hydrogens is 198 g/mol. The maximum atomic E-state index is 11.6. The lowest BCUT2D eigenvalue weighted by Crippen LogP contribution is -2.53. The minimum absolute atomic E-state index is 0.0968. The molecule has 0 bridgehead atoms. The average molecular weight is 215 g/mol. The molecule has 1 aliphatic heterocycles. The van der Waals surface area contributed by atoms with Crippen molar-refractivity contribution < 1.29 is 14.3 Å². The number of hydrogen-bond acceptors (Lipinski definition) is 3. The summed E-state index contributed by atoms with van der Waals surface area (Å²) in [4.78, 5) is 23.0. The highest BCUT2D eigenvalue weighted by molar-refractivity contribution is 6.75. The van der Waals surface area contributed by atoms with E-state index in [-0.39, 0.29) is 17.9 Å². The second-order valence-corrected chi connectivity index (χ2v) is 9.34. The van der Waals surface area contributed by atoms with Crippen molar-refractivity contribution >= 4 is 20.1 Å². The van der Waals surface area contributed by atoms with Crippen molar-refractivity contribution in [3.8, 4) is 0 Å². The molecule has 1 heterocycles. The first-order chi connectivity index (χ1) is 6.38. The van der Waals surface area contributed by atoms with Crippen molar-refractivity contribution in [3.63, 3.8) is 0 Å². The van der Waals surface area contributed by atoms with Gasteiger partial charge in [0.05, 0.1) is 7.11 Å². The molecule has 1 saturated heterocycles. The number of amides is 1. The molecule has 0 saturated carbocycles. The second-order valence-electron chi connectivity index (χ2n) is 4.51. The van der Waals surface area contributed by atoms with Crippen molar-refractivity contribution in [1.29, 1.82) is 0 Å². The number of ether oxygens (including phenoxy) is 1. The Kier molecular flexibility index (Phi) is 2.99. The van der Waals surface area contributed by atoms with Crippen molar-refractivity contribution in [2.45, 2.75) is 38.5 Å². The zero-order chi connectivity index (χ0) is 10.9. The van der Waals surface area contributed by atoms with Gasteiger partial charge in [-0.2, -0.15) is 0 Å². The third-order valence-electron chi connectivity index (χ3n) is 2.41. The van der Waals surface area contributed by atoms with Crippen LogP contribution in [0.2, 0.25) is 19.6 Å². The van der Waals surface area contributed by atoms with Crippen molar-refractivity contribution in [1.82, 2.24) is 4.57 Å². The summed E-state index contributed by atoms with van der Waals surface area (Å²) in [5.41, 5.74) is 0. The molecule has 0 unspecified atom stereocenters. The quantitative estimate of drug-likeness (QED) is 0.509. The number of methoxy groups -OCH3 is 1. The topological polar surface area (TPSA) is 46.6 Å². The molecule has 14 heavy (non-hydrogen) atoms. The molecule has 0 aromatic carbocycles. The monoisotopic (exact) mass is 215 g/mol. The molecule has 80 valence electrons. The van der Waals surface area contributed by atoms with E-state index in [4.69, 9.17) is 4.74 Å². The van der Waals surface area contributed by atoms with Gasteiger partial charge >= 0.3 is 5.97 Å². The Morgan fingerprint density at radius 2 is 2.07 bits per heavy atom. The minimum Gasteiger partial charge on any atom is -0.468 e. The third-order valence-corrected chi connectivity index (χ3v) is 4.41. The van der Waals surface area contributed by atoms with Gasteiger partial charge in [-0.3, -0.25) is 4.79 Å². The zero-order valence-corrected chi connectivity index (χ0v) is 10.2. The van der Waals surface area contributed by atoms with Crippen LogP contribution in [0.1, 0.15) is 12.8 Å². The Hall–Kier alpha value is -0.843. The molecule has 4 nitrogen and oxygen atoms in total. The van der Waals surface area contributed by atoms with Crippen LogP contribution in [0.5, 0.6) is 0 Å². The van der Waals surface area contributed by atoms with Gasteiger partial charge in [-0.25, -0.2) is 4.79 Å². The van der Waals surface area contributed by atoms with Crippen LogP contribution in [0.4, 0.5) is 0 Å². The summed E-state index contributed by atoms with van der Waals surface area (Å²) in [5, 5.41) is 0. The second kappa shape index (κ2) is 3.72. The first-order valence-corrected chi connectivity index (χ1v) is 8.22. The summed E-state index contributed by atoms with van der Waals surface area (Å²) in [6.07, 6.45) is 1.08.